The van der Waals surface area contributed by atoms with Crippen LogP contribution in [-0.4, -0.2) is 58.6 Å². The lowest BCUT2D eigenvalue weighted by atomic mass is 9.88. The van der Waals surface area contributed by atoms with Crippen LogP contribution in [-0.2, 0) is 12.8 Å². The fraction of sp³-hybridized carbons (Fsp3) is 0.260. The molecule has 4 aliphatic rings. The minimum Gasteiger partial charge on any atom is -0.496 e. The molecule has 0 saturated heterocycles. The predicted molar refractivity (Wildman–Crippen MR) is 357 cm³/mol. The molecule has 0 aliphatic carbocycles. The van der Waals surface area contributed by atoms with Crippen molar-refractivity contribution < 1.29 is 19.4 Å². The van der Waals surface area contributed by atoms with Crippen molar-refractivity contribution in [3.05, 3.63) is 255 Å². The smallest absolute Gasteiger partial charge is 0.222 e. The van der Waals surface area contributed by atoms with Gasteiger partial charge >= 0.3 is 0 Å². The number of rotatable bonds is 4. The Bertz CT molecular complexity index is 3610. The number of nitrogens with zero attached hydrogens (tertiary/aromatic N) is 4. The molecular formula is C73H87N6O3S+. The molecule has 83 heavy (non-hydrogen) atoms. The zero-order valence-corrected chi connectivity index (χ0v) is 52.2. The summed E-state index contributed by atoms with van der Waals surface area (Å²) in [6.07, 6.45) is 22.3. The summed E-state index contributed by atoms with van der Waals surface area (Å²) in [6.45, 7) is 26.6. The van der Waals surface area contributed by atoms with Gasteiger partial charge in [0.15, 0.2) is 0 Å². The highest BCUT2D eigenvalue weighted by Crippen LogP contribution is 2.45. The number of dihydropyridines is 1. The van der Waals surface area contributed by atoms with E-state index in [1.54, 1.807) is 19.5 Å². The van der Waals surface area contributed by atoms with Gasteiger partial charge in [0.1, 0.15) is 21.9 Å². The molecule has 2 aromatic heterocycles. The summed E-state index contributed by atoms with van der Waals surface area (Å²) < 4.78 is 13.0. The highest BCUT2D eigenvalue weighted by atomic mass is 32.1. The molecule has 6 heterocycles. The summed E-state index contributed by atoms with van der Waals surface area (Å²) in [5.74, 6) is 2.82. The average Bonchev–Trinajstić information content (AvgIpc) is 2.41. The van der Waals surface area contributed by atoms with Crippen LogP contribution in [0.3, 0.4) is 0 Å². The molecule has 0 fully saturated rings. The van der Waals surface area contributed by atoms with Gasteiger partial charge in [0.25, 0.3) is 0 Å². The van der Waals surface area contributed by atoms with Crippen molar-refractivity contribution in [1.82, 2.24) is 10.3 Å². The number of aromatic amines is 1. The number of fused-ring (bicyclic) bond motifs is 4. The maximum Gasteiger partial charge on any atom is 0.222 e. The molecule has 0 atom stereocenters. The quantitative estimate of drug-likeness (QED) is 0.0914. The zero-order valence-electron chi connectivity index (χ0n) is 51.4. The maximum atomic E-state index is 8.67. The van der Waals surface area contributed by atoms with E-state index in [-0.39, 0.29) is 0 Å². The van der Waals surface area contributed by atoms with Gasteiger partial charge in [-0.3, -0.25) is 5.21 Å². The second-order valence-electron chi connectivity index (χ2n) is 21.7. The molecule has 10 heteroatoms. The van der Waals surface area contributed by atoms with Crippen LogP contribution >= 0.6 is 12.2 Å². The third-order valence-corrected chi connectivity index (χ3v) is 14.5. The summed E-state index contributed by atoms with van der Waals surface area (Å²) in [7, 11) is 9.89. The first-order chi connectivity index (χ1) is 39.7. The van der Waals surface area contributed by atoms with Gasteiger partial charge in [-0.2, -0.15) is 0 Å². The van der Waals surface area contributed by atoms with Gasteiger partial charge in [0.05, 0.1) is 7.11 Å². The fourth-order valence-electron chi connectivity index (χ4n) is 9.82. The van der Waals surface area contributed by atoms with Crippen LogP contribution in [0.1, 0.15) is 83.7 Å². The molecule has 0 radical (unpaired) electrons. The number of hydrogen-bond donors (Lipinski definition) is 3. The number of allylic oxidation sites excluding steroid dienone is 6. The summed E-state index contributed by atoms with van der Waals surface area (Å²) in [4.78, 5) is 9.68. The third-order valence-electron chi connectivity index (χ3n) is 14.3. The number of H-pyrrole nitrogens is 1. The van der Waals surface area contributed by atoms with E-state index in [2.05, 4.69) is 189 Å². The van der Waals surface area contributed by atoms with Crippen molar-refractivity contribution >= 4 is 63.0 Å². The number of pyridine rings is 2. The van der Waals surface area contributed by atoms with Crippen LogP contribution < -0.4 is 34.2 Å². The molecule has 0 unspecified atom stereocenters. The number of ether oxygens (including phenoxy) is 2. The molecule has 3 N–H and O–H groups in total. The van der Waals surface area contributed by atoms with Gasteiger partial charge in [-0.1, -0.05) is 134 Å². The molecule has 0 bridgehead atoms. The van der Waals surface area contributed by atoms with Crippen molar-refractivity contribution in [2.75, 3.05) is 63.1 Å². The molecule has 0 amide bonds. The zero-order chi connectivity index (χ0) is 60.2. The highest BCUT2D eigenvalue weighted by Gasteiger charge is 2.29. The summed E-state index contributed by atoms with van der Waals surface area (Å²) >= 11 is 4.82. The summed E-state index contributed by atoms with van der Waals surface area (Å²) in [5, 5.41) is 17.0. The van der Waals surface area contributed by atoms with Crippen molar-refractivity contribution in [2.45, 2.75) is 81.1 Å². The number of aryl methyl sites for hydroxylation is 6. The minimum atomic E-state index is 0.788. The lowest BCUT2D eigenvalue weighted by Crippen LogP contribution is -2.35. The third kappa shape index (κ3) is 18.7. The second-order valence-corrected chi connectivity index (χ2v) is 22.1. The molecule has 12 rings (SSSR count). The number of aromatic nitrogens is 2. The van der Waals surface area contributed by atoms with Gasteiger partial charge in [-0.05, 0) is 173 Å². The van der Waals surface area contributed by atoms with Crippen molar-refractivity contribution in [3.63, 3.8) is 0 Å². The van der Waals surface area contributed by atoms with E-state index in [1.807, 2.05) is 96.5 Å². The average molecular weight is 1130 g/mol. The standard InChI is InChI=1S/C17H19NO.C15H17N.C12H12.C10H15NO.C7H9N.C6H8NO.C6H7NS/c1-11-9-14-10-13-5-3-7-18-8-4-6-15(16(13)18)17(14)19-12(11)2;1-4-7-12-10-11-15(16(2)3)14-9-6-5-8-13(12)14;1-9-3-5-12-8-10(2)4-6-11(12)7-9;1-8-5-6-9(11(2)3)7-10(8)12-4;1-6-4-3-5-7(2)8-6;1-6-2-4-7(8)5-3-6;1-5-2-3-6(8)7-4-5/h9-10H,2-8H2,1H3;4-11H,1-3H3;3-8H,1-2H3;5-7H,1-4H3;3-5,8H,1H2,2H3;2-5,8H,1H3;2-4H,1H3,(H,7,8)/q;;;;;+1;/b;7-4+;;;;;. The van der Waals surface area contributed by atoms with Crippen molar-refractivity contribution in [1.29, 1.82) is 0 Å². The first kappa shape index (κ1) is 63.6. The van der Waals surface area contributed by atoms with Gasteiger partial charge in [-0.25, -0.2) is 0 Å². The Hall–Kier alpha value is -8.60. The molecule has 0 spiro atoms. The molecule has 4 aliphatic heterocycles. The lowest BCUT2D eigenvalue weighted by molar-refractivity contribution is -0.904. The molecule has 0 saturated carbocycles. The molecule has 8 aromatic rings. The number of hydrogen-bond acceptors (Lipinski definition) is 8. The topological polar surface area (TPSA) is 80.1 Å². The lowest BCUT2D eigenvalue weighted by Gasteiger charge is -2.38. The monoisotopic (exact) mass is 1130 g/mol. The van der Waals surface area contributed by atoms with Gasteiger partial charge in [0, 0.05) is 115 Å². The van der Waals surface area contributed by atoms with Crippen molar-refractivity contribution in [2.24, 2.45) is 0 Å². The summed E-state index contributed by atoms with van der Waals surface area (Å²) in [5.41, 5.74) is 18.8. The van der Waals surface area contributed by atoms with Crippen LogP contribution in [0, 0.1) is 39.3 Å². The SMILES string of the molecule is C/C=C/c1ccc(N(C)C)c2ccccc12.C=C1C=CC=C(C)N1.C=C1Oc2c(cc3c4c2CCCN4CCC3)C=C1C.COc1cc(N(C)C)ccc1C.Cc1cc[n+](O)cc1.Cc1ccc(=S)[nH]c1.Cc1ccc2cc(C)ccc2c1. The Kier molecular flexibility index (Phi) is 23.7. The Labute approximate surface area is 500 Å². The van der Waals surface area contributed by atoms with Gasteiger partial charge < -0.3 is 34.5 Å². The number of nitrogens with one attached hydrogen (secondary N) is 2. The molecule has 6 aromatic carbocycles. The highest BCUT2D eigenvalue weighted by molar-refractivity contribution is 7.71. The van der Waals surface area contributed by atoms with E-state index < -0.39 is 0 Å². The Balaban J connectivity index is 0.000000160. The van der Waals surface area contributed by atoms with Crippen LogP contribution in [0.15, 0.2) is 200 Å². The predicted octanol–water partition coefficient (Wildman–Crippen LogP) is 17.3. The first-order valence-electron chi connectivity index (χ1n) is 28.5. The van der Waals surface area contributed by atoms with Gasteiger partial charge in [0.2, 0.25) is 12.4 Å². The Morgan fingerprint density at radius 2 is 1.37 bits per heavy atom. The van der Waals surface area contributed by atoms with Crippen LogP contribution in [0.4, 0.5) is 17.1 Å². The van der Waals surface area contributed by atoms with Crippen molar-refractivity contribution in [3.8, 4) is 11.5 Å². The van der Waals surface area contributed by atoms with Crippen LogP contribution in [0.5, 0.6) is 11.5 Å². The molecule has 9 nitrogen and oxygen atoms in total. The van der Waals surface area contributed by atoms with E-state index in [0.29, 0.717) is 0 Å². The second kappa shape index (κ2) is 31.0. The van der Waals surface area contributed by atoms with E-state index in [4.69, 9.17) is 26.9 Å². The molecule has 432 valence electrons. The Morgan fingerprint density at radius 1 is 0.723 bits per heavy atom. The molecular weight excluding hydrogens is 1040 g/mol. The van der Waals surface area contributed by atoms with Crippen LogP contribution in [0.2, 0.25) is 0 Å². The number of methoxy groups -OCH3 is 1. The normalized spacial score (nSPS) is 13.2. The summed E-state index contributed by atoms with van der Waals surface area (Å²) in [6, 6.07) is 42.0. The van der Waals surface area contributed by atoms with E-state index in [1.165, 1.54) is 110 Å². The van der Waals surface area contributed by atoms with Crippen LogP contribution in [0.25, 0.3) is 33.7 Å². The van der Waals surface area contributed by atoms with Gasteiger partial charge in [-0.15, -0.1) is 0 Å². The van der Waals surface area contributed by atoms with E-state index in [0.717, 1.165) is 61.3 Å². The van der Waals surface area contributed by atoms with E-state index >= 15 is 0 Å². The number of anilines is 3. The minimum absolute atomic E-state index is 0.788. The number of benzene rings is 6. The first-order valence-corrected chi connectivity index (χ1v) is 28.9. The largest absolute Gasteiger partial charge is 0.496 e. The fourth-order valence-corrected chi connectivity index (χ4v) is 9.95. The maximum absolute atomic E-state index is 8.67. The Morgan fingerprint density at radius 3 is 1.93 bits per heavy atom. The van der Waals surface area contributed by atoms with E-state index in [9.17, 15) is 0 Å².